The van der Waals surface area contributed by atoms with Gasteiger partial charge in [-0.25, -0.2) is 4.98 Å². The van der Waals surface area contributed by atoms with Crippen molar-refractivity contribution in [1.82, 2.24) is 15.3 Å². The molecule has 0 aliphatic heterocycles. The molecule has 0 unspecified atom stereocenters. The summed E-state index contributed by atoms with van der Waals surface area (Å²) in [5, 5.41) is 12.5. The lowest BCUT2D eigenvalue weighted by molar-refractivity contribution is 0.0922. The van der Waals surface area contributed by atoms with E-state index in [0.29, 0.717) is 5.82 Å². The average Bonchev–Trinajstić information content (AvgIpc) is 3.15. The number of nitrogens with one attached hydrogen (secondary N) is 2. The first kappa shape index (κ1) is 16.6. The zero-order valence-electron chi connectivity index (χ0n) is 14.1. The number of aromatic hydroxyl groups is 1. The SMILES string of the molecule is O=C(NCc1ncc(-c2ccccc2)[nH]1)c1cc(=O)c2c(O)cccc2o1. The number of carbonyl (C=O) groups excluding carboxylic acids is 1. The summed E-state index contributed by atoms with van der Waals surface area (Å²) < 4.78 is 5.45. The van der Waals surface area contributed by atoms with E-state index >= 15 is 0 Å². The maximum Gasteiger partial charge on any atom is 0.287 e. The van der Waals surface area contributed by atoms with E-state index in [0.717, 1.165) is 17.3 Å². The molecule has 0 atom stereocenters. The normalized spacial score (nSPS) is 10.8. The van der Waals surface area contributed by atoms with Crippen LogP contribution in [0.1, 0.15) is 16.4 Å². The van der Waals surface area contributed by atoms with Gasteiger partial charge in [-0.3, -0.25) is 9.59 Å². The monoisotopic (exact) mass is 361 g/mol. The molecule has 27 heavy (non-hydrogen) atoms. The smallest absolute Gasteiger partial charge is 0.287 e. The zero-order chi connectivity index (χ0) is 18.8. The number of phenolic OH excluding ortho intramolecular Hbond substituents is 1. The topological polar surface area (TPSA) is 108 Å². The fraction of sp³-hybridized carbons (Fsp3) is 0.0500. The minimum atomic E-state index is -0.546. The second kappa shape index (κ2) is 6.80. The van der Waals surface area contributed by atoms with Crippen molar-refractivity contribution in [1.29, 1.82) is 0 Å². The Balaban J connectivity index is 1.51. The minimum Gasteiger partial charge on any atom is -0.507 e. The van der Waals surface area contributed by atoms with Gasteiger partial charge in [0, 0.05) is 6.07 Å². The van der Waals surface area contributed by atoms with Crippen molar-refractivity contribution in [3.05, 3.63) is 82.6 Å². The number of hydrogen-bond donors (Lipinski definition) is 3. The molecule has 4 aromatic rings. The molecule has 2 aromatic carbocycles. The van der Waals surface area contributed by atoms with Gasteiger partial charge in [0.05, 0.1) is 18.4 Å². The summed E-state index contributed by atoms with van der Waals surface area (Å²) in [4.78, 5) is 31.8. The number of benzene rings is 2. The molecule has 134 valence electrons. The molecule has 7 heteroatoms. The van der Waals surface area contributed by atoms with Crippen molar-refractivity contribution in [3.63, 3.8) is 0 Å². The van der Waals surface area contributed by atoms with Gasteiger partial charge in [-0.05, 0) is 17.7 Å². The molecule has 0 bridgehead atoms. The third-order valence-corrected chi connectivity index (χ3v) is 4.09. The third kappa shape index (κ3) is 3.30. The van der Waals surface area contributed by atoms with Crippen molar-refractivity contribution in [3.8, 4) is 17.0 Å². The van der Waals surface area contributed by atoms with Crippen LogP contribution in [0.2, 0.25) is 0 Å². The van der Waals surface area contributed by atoms with Crippen LogP contribution >= 0.6 is 0 Å². The third-order valence-electron chi connectivity index (χ3n) is 4.09. The average molecular weight is 361 g/mol. The van der Waals surface area contributed by atoms with Crippen LogP contribution in [-0.2, 0) is 6.54 Å². The number of H-pyrrole nitrogens is 1. The maximum atomic E-state index is 12.3. The molecule has 0 saturated carbocycles. The van der Waals surface area contributed by atoms with E-state index in [1.54, 1.807) is 6.20 Å². The van der Waals surface area contributed by atoms with Crippen LogP contribution in [0.4, 0.5) is 0 Å². The van der Waals surface area contributed by atoms with E-state index in [9.17, 15) is 14.7 Å². The lowest BCUT2D eigenvalue weighted by Crippen LogP contribution is -2.24. The van der Waals surface area contributed by atoms with Crippen molar-refractivity contribution in [2.75, 3.05) is 0 Å². The van der Waals surface area contributed by atoms with Gasteiger partial charge >= 0.3 is 0 Å². The highest BCUT2D eigenvalue weighted by atomic mass is 16.3. The Hall–Kier alpha value is -3.87. The highest BCUT2D eigenvalue weighted by Crippen LogP contribution is 2.21. The van der Waals surface area contributed by atoms with Gasteiger partial charge < -0.3 is 19.8 Å². The number of rotatable bonds is 4. The molecular weight excluding hydrogens is 346 g/mol. The number of imidazole rings is 1. The largest absolute Gasteiger partial charge is 0.507 e. The van der Waals surface area contributed by atoms with Crippen molar-refractivity contribution in [2.24, 2.45) is 0 Å². The first-order valence-electron chi connectivity index (χ1n) is 8.25. The van der Waals surface area contributed by atoms with Crippen LogP contribution in [0, 0.1) is 0 Å². The molecule has 4 rings (SSSR count). The molecule has 1 amide bonds. The summed E-state index contributed by atoms with van der Waals surface area (Å²) >= 11 is 0. The fourth-order valence-corrected chi connectivity index (χ4v) is 2.77. The maximum absolute atomic E-state index is 12.3. The molecule has 0 spiro atoms. The number of amides is 1. The van der Waals surface area contributed by atoms with Gasteiger partial charge in [0.25, 0.3) is 5.91 Å². The summed E-state index contributed by atoms with van der Waals surface area (Å²) in [7, 11) is 0. The lowest BCUT2D eigenvalue weighted by atomic mass is 10.2. The van der Waals surface area contributed by atoms with Crippen LogP contribution in [0.5, 0.6) is 5.75 Å². The van der Waals surface area contributed by atoms with Gasteiger partial charge in [0.15, 0.2) is 11.2 Å². The van der Waals surface area contributed by atoms with Crippen LogP contribution in [0.15, 0.2) is 70.0 Å². The number of aromatic nitrogens is 2. The molecule has 0 radical (unpaired) electrons. The fourth-order valence-electron chi connectivity index (χ4n) is 2.77. The van der Waals surface area contributed by atoms with Crippen molar-refractivity contribution < 1.29 is 14.3 Å². The molecule has 0 fully saturated rings. The molecule has 3 N–H and O–H groups in total. The number of hydrogen-bond acceptors (Lipinski definition) is 5. The Morgan fingerprint density at radius 1 is 1.15 bits per heavy atom. The summed E-state index contributed by atoms with van der Waals surface area (Å²) in [6, 6.07) is 15.2. The van der Waals surface area contributed by atoms with E-state index in [1.165, 1.54) is 18.2 Å². The first-order valence-corrected chi connectivity index (χ1v) is 8.25. The number of fused-ring (bicyclic) bond motifs is 1. The number of phenols is 1. The van der Waals surface area contributed by atoms with Gasteiger partial charge in [0.1, 0.15) is 22.5 Å². The van der Waals surface area contributed by atoms with Gasteiger partial charge in [-0.2, -0.15) is 0 Å². The molecular formula is C20H15N3O4. The van der Waals surface area contributed by atoms with E-state index in [2.05, 4.69) is 15.3 Å². The van der Waals surface area contributed by atoms with Gasteiger partial charge in [-0.15, -0.1) is 0 Å². The number of aromatic amines is 1. The lowest BCUT2D eigenvalue weighted by Gasteiger charge is -2.05. The molecule has 0 aliphatic carbocycles. The molecule has 0 aliphatic rings. The minimum absolute atomic E-state index is 0.0487. The van der Waals surface area contributed by atoms with E-state index in [4.69, 9.17) is 4.42 Å². The predicted molar refractivity (Wildman–Crippen MR) is 99.3 cm³/mol. The quantitative estimate of drug-likeness (QED) is 0.518. The number of carbonyl (C=O) groups is 1. The van der Waals surface area contributed by atoms with E-state index < -0.39 is 11.3 Å². The Labute approximate surface area is 153 Å². The van der Waals surface area contributed by atoms with Crippen molar-refractivity contribution >= 4 is 16.9 Å². The highest BCUT2D eigenvalue weighted by molar-refractivity contribution is 5.93. The molecule has 0 saturated heterocycles. The van der Waals surface area contributed by atoms with Crippen LogP contribution in [0.3, 0.4) is 0 Å². The Bertz CT molecular complexity index is 1180. The molecule has 2 heterocycles. The molecule has 7 nitrogen and oxygen atoms in total. The zero-order valence-corrected chi connectivity index (χ0v) is 14.1. The standard InChI is InChI=1S/C20H15N3O4/c24-14-7-4-8-16-19(14)15(25)9-17(27-16)20(26)22-11-18-21-10-13(23-18)12-5-2-1-3-6-12/h1-10,24H,11H2,(H,21,23)(H,22,26). The van der Waals surface area contributed by atoms with Crippen LogP contribution in [0.25, 0.3) is 22.2 Å². The Morgan fingerprint density at radius 2 is 1.96 bits per heavy atom. The second-order valence-electron chi connectivity index (χ2n) is 5.92. The van der Waals surface area contributed by atoms with E-state index in [-0.39, 0.29) is 29.0 Å². The number of nitrogens with zero attached hydrogens (tertiary/aromatic N) is 1. The van der Waals surface area contributed by atoms with Gasteiger partial charge in [0.2, 0.25) is 0 Å². The van der Waals surface area contributed by atoms with Crippen molar-refractivity contribution in [2.45, 2.75) is 6.54 Å². The summed E-state index contributed by atoms with van der Waals surface area (Å²) in [5.74, 6) is -0.289. The van der Waals surface area contributed by atoms with E-state index in [1.807, 2.05) is 30.3 Å². The second-order valence-corrected chi connectivity index (χ2v) is 5.92. The molecule has 2 aromatic heterocycles. The summed E-state index contributed by atoms with van der Waals surface area (Å²) in [6.45, 7) is 0.146. The first-order chi connectivity index (χ1) is 13.1. The highest BCUT2D eigenvalue weighted by Gasteiger charge is 2.14. The van der Waals surface area contributed by atoms with Crippen LogP contribution in [-0.4, -0.2) is 21.0 Å². The van der Waals surface area contributed by atoms with Crippen LogP contribution < -0.4 is 10.7 Å². The summed E-state index contributed by atoms with van der Waals surface area (Å²) in [6.07, 6.45) is 1.69. The summed E-state index contributed by atoms with van der Waals surface area (Å²) in [5.41, 5.74) is 1.50. The van der Waals surface area contributed by atoms with Gasteiger partial charge in [-0.1, -0.05) is 36.4 Å². The predicted octanol–water partition coefficient (Wildman–Crippen LogP) is 2.82. The Kier molecular flexibility index (Phi) is 4.18. The Morgan fingerprint density at radius 3 is 2.78 bits per heavy atom.